The van der Waals surface area contributed by atoms with Crippen LogP contribution in [0, 0.1) is 17.5 Å². The Kier molecular flexibility index (Phi) is 2.78. The Morgan fingerprint density at radius 1 is 1.07 bits per heavy atom. The molecule has 0 bridgehead atoms. The van der Waals surface area contributed by atoms with Crippen molar-refractivity contribution in [2.75, 3.05) is 0 Å². The van der Waals surface area contributed by atoms with Crippen molar-refractivity contribution in [1.29, 1.82) is 0 Å². The van der Waals surface area contributed by atoms with Crippen LogP contribution < -0.4 is 5.73 Å². The Morgan fingerprint density at radius 3 is 1.86 bits per heavy atom. The van der Waals surface area contributed by atoms with Crippen molar-refractivity contribution >= 4 is 12.4 Å². The molecule has 1 aromatic carbocycles. The van der Waals surface area contributed by atoms with Gasteiger partial charge in [0, 0.05) is 23.2 Å². The molecule has 0 heterocycles. The van der Waals surface area contributed by atoms with Gasteiger partial charge in [-0.1, -0.05) is 0 Å². The molecule has 5 heteroatoms. The van der Waals surface area contributed by atoms with Crippen LogP contribution in [-0.4, -0.2) is 0 Å². The number of halogens is 4. The number of hydrogen-bond acceptors (Lipinski definition) is 1. The lowest BCUT2D eigenvalue weighted by Gasteiger charge is -2.11. The van der Waals surface area contributed by atoms with Crippen molar-refractivity contribution in [2.24, 2.45) is 5.73 Å². The lowest BCUT2D eigenvalue weighted by Crippen LogP contribution is -2.22. The van der Waals surface area contributed by atoms with Crippen LogP contribution in [0.4, 0.5) is 13.2 Å². The SMILES string of the molecule is Cl.NC1(c2c(F)cc(F)cc2F)CC1. The van der Waals surface area contributed by atoms with Gasteiger partial charge in [0.2, 0.25) is 0 Å². The van der Waals surface area contributed by atoms with Gasteiger partial charge in [0.15, 0.2) is 0 Å². The van der Waals surface area contributed by atoms with Crippen LogP contribution in [0.15, 0.2) is 12.1 Å². The van der Waals surface area contributed by atoms with Gasteiger partial charge in [0.05, 0.1) is 0 Å². The van der Waals surface area contributed by atoms with Crippen LogP contribution in [0.1, 0.15) is 18.4 Å². The summed E-state index contributed by atoms with van der Waals surface area (Å²) < 4.78 is 38.7. The van der Waals surface area contributed by atoms with Crippen LogP contribution in [0.3, 0.4) is 0 Å². The lowest BCUT2D eigenvalue weighted by molar-refractivity contribution is 0.498. The van der Waals surface area contributed by atoms with E-state index in [2.05, 4.69) is 0 Å². The largest absolute Gasteiger partial charge is 0.321 e. The van der Waals surface area contributed by atoms with E-state index in [1.54, 1.807) is 0 Å². The first-order valence-electron chi connectivity index (χ1n) is 3.97. The van der Waals surface area contributed by atoms with E-state index in [0.717, 1.165) is 0 Å². The molecule has 0 aromatic heterocycles. The van der Waals surface area contributed by atoms with E-state index in [4.69, 9.17) is 5.73 Å². The van der Waals surface area contributed by atoms with Crippen LogP contribution >= 0.6 is 12.4 Å². The summed E-state index contributed by atoms with van der Waals surface area (Å²) in [5.74, 6) is -2.70. The Morgan fingerprint density at radius 2 is 1.50 bits per heavy atom. The second-order valence-electron chi connectivity index (χ2n) is 3.40. The second-order valence-corrected chi connectivity index (χ2v) is 3.40. The molecule has 0 unspecified atom stereocenters. The van der Waals surface area contributed by atoms with E-state index < -0.39 is 23.0 Å². The molecule has 1 fully saturated rings. The first-order valence-corrected chi connectivity index (χ1v) is 3.97. The molecule has 0 amide bonds. The zero-order valence-corrected chi connectivity index (χ0v) is 8.00. The summed E-state index contributed by atoms with van der Waals surface area (Å²) >= 11 is 0. The monoisotopic (exact) mass is 223 g/mol. The smallest absolute Gasteiger partial charge is 0.134 e. The number of rotatable bonds is 1. The first-order chi connectivity index (χ1) is 6.03. The van der Waals surface area contributed by atoms with Gasteiger partial charge in [-0.05, 0) is 12.8 Å². The lowest BCUT2D eigenvalue weighted by atomic mass is 10.0. The van der Waals surface area contributed by atoms with Crippen LogP contribution in [0.2, 0.25) is 0 Å². The van der Waals surface area contributed by atoms with Gasteiger partial charge in [0.1, 0.15) is 17.5 Å². The fraction of sp³-hybridized carbons (Fsp3) is 0.333. The zero-order valence-electron chi connectivity index (χ0n) is 7.19. The van der Waals surface area contributed by atoms with E-state index in [1.165, 1.54) is 0 Å². The fourth-order valence-corrected chi connectivity index (χ4v) is 1.40. The standard InChI is InChI=1S/C9H8F3N.ClH/c10-5-3-6(11)8(7(12)4-5)9(13)1-2-9;/h3-4H,1-2,13H2;1H. The highest BCUT2D eigenvalue weighted by Gasteiger charge is 2.44. The third-order valence-corrected chi connectivity index (χ3v) is 2.29. The summed E-state index contributed by atoms with van der Waals surface area (Å²) in [6, 6.07) is 1.32. The third-order valence-electron chi connectivity index (χ3n) is 2.29. The highest BCUT2D eigenvalue weighted by Crippen LogP contribution is 2.44. The average molecular weight is 224 g/mol. The predicted octanol–water partition coefficient (Wildman–Crippen LogP) is 2.47. The van der Waals surface area contributed by atoms with E-state index in [1.807, 2.05) is 0 Å². The quantitative estimate of drug-likeness (QED) is 0.778. The van der Waals surface area contributed by atoms with Crippen molar-refractivity contribution in [3.05, 3.63) is 35.1 Å². The fourth-order valence-electron chi connectivity index (χ4n) is 1.40. The topological polar surface area (TPSA) is 26.0 Å². The van der Waals surface area contributed by atoms with Gasteiger partial charge in [-0.2, -0.15) is 0 Å². The zero-order chi connectivity index (χ0) is 9.64. The van der Waals surface area contributed by atoms with E-state index in [-0.39, 0.29) is 18.0 Å². The minimum atomic E-state index is -0.914. The minimum Gasteiger partial charge on any atom is -0.321 e. The minimum absolute atomic E-state index is 0. The molecule has 1 aliphatic carbocycles. The van der Waals surface area contributed by atoms with Gasteiger partial charge in [0.25, 0.3) is 0 Å². The molecule has 0 atom stereocenters. The predicted molar refractivity (Wildman–Crippen MR) is 48.7 cm³/mol. The molecule has 1 nitrogen and oxygen atoms in total. The number of benzene rings is 1. The molecule has 0 radical (unpaired) electrons. The maximum absolute atomic E-state index is 13.1. The van der Waals surface area contributed by atoms with Gasteiger partial charge >= 0.3 is 0 Å². The molecule has 14 heavy (non-hydrogen) atoms. The van der Waals surface area contributed by atoms with Crippen LogP contribution in [-0.2, 0) is 5.54 Å². The van der Waals surface area contributed by atoms with E-state index in [9.17, 15) is 13.2 Å². The normalized spacial score (nSPS) is 17.4. The van der Waals surface area contributed by atoms with E-state index >= 15 is 0 Å². The molecule has 1 aromatic rings. The van der Waals surface area contributed by atoms with Crippen molar-refractivity contribution in [2.45, 2.75) is 18.4 Å². The first kappa shape index (κ1) is 11.3. The summed E-state index contributed by atoms with van der Waals surface area (Å²) in [4.78, 5) is 0. The summed E-state index contributed by atoms with van der Waals surface area (Å²) in [6.45, 7) is 0. The molecule has 1 saturated carbocycles. The molecular formula is C9H9ClF3N. The van der Waals surface area contributed by atoms with Crippen LogP contribution in [0.5, 0.6) is 0 Å². The highest BCUT2D eigenvalue weighted by atomic mass is 35.5. The molecule has 0 spiro atoms. The Hall–Kier alpha value is -0.740. The summed E-state index contributed by atoms with van der Waals surface area (Å²) in [5, 5.41) is 0. The Labute approximate surface area is 85.5 Å². The van der Waals surface area contributed by atoms with Gasteiger partial charge in [-0.25, -0.2) is 13.2 Å². The summed E-state index contributed by atoms with van der Waals surface area (Å²) in [6.07, 6.45) is 1.10. The van der Waals surface area contributed by atoms with Crippen molar-refractivity contribution in [3.63, 3.8) is 0 Å². The third kappa shape index (κ3) is 1.72. The highest BCUT2D eigenvalue weighted by molar-refractivity contribution is 5.85. The molecule has 1 aliphatic rings. The maximum atomic E-state index is 13.1. The molecule has 0 saturated heterocycles. The van der Waals surface area contributed by atoms with Crippen LogP contribution in [0.25, 0.3) is 0 Å². The van der Waals surface area contributed by atoms with E-state index in [0.29, 0.717) is 25.0 Å². The van der Waals surface area contributed by atoms with Crippen molar-refractivity contribution in [1.82, 2.24) is 0 Å². The van der Waals surface area contributed by atoms with Gasteiger partial charge in [-0.3, -0.25) is 0 Å². The molecule has 2 rings (SSSR count). The average Bonchev–Trinajstić information content (AvgIpc) is 2.65. The Bertz CT molecular complexity index is 340. The molecular weight excluding hydrogens is 215 g/mol. The molecule has 78 valence electrons. The van der Waals surface area contributed by atoms with Crippen molar-refractivity contribution < 1.29 is 13.2 Å². The van der Waals surface area contributed by atoms with Crippen molar-refractivity contribution in [3.8, 4) is 0 Å². The maximum Gasteiger partial charge on any atom is 0.134 e. The second kappa shape index (κ2) is 3.44. The number of nitrogens with two attached hydrogens (primary N) is 1. The Balaban J connectivity index is 0.000000980. The summed E-state index contributed by atoms with van der Waals surface area (Å²) in [7, 11) is 0. The van der Waals surface area contributed by atoms with Gasteiger partial charge < -0.3 is 5.73 Å². The summed E-state index contributed by atoms with van der Waals surface area (Å²) in [5.41, 5.74) is 4.53. The molecule has 0 aliphatic heterocycles. The molecule has 2 N–H and O–H groups in total. The number of hydrogen-bond donors (Lipinski definition) is 1. The van der Waals surface area contributed by atoms with Gasteiger partial charge in [-0.15, -0.1) is 12.4 Å².